The molecule has 98 valence electrons. The molecule has 0 saturated carbocycles. The van der Waals surface area contributed by atoms with Gasteiger partial charge in [0.1, 0.15) is 5.75 Å². The Morgan fingerprint density at radius 1 is 1.56 bits per heavy atom. The first-order valence-corrected chi connectivity index (χ1v) is 6.61. The van der Waals surface area contributed by atoms with E-state index in [1.807, 2.05) is 0 Å². The van der Waals surface area contributed by atoms with Crippen LogP contribution in [0.15, 0.2) is 18.2 Å². The van der Waals surface area contributed by atoms with Gasteiger partial charge in [0, 0.05) is 0 Å². The third-order valence-electron chi connectivity index (χ3n) is 2.38. The van der Waals surface area contributed by atoms with Crippen LogP contribution in [-0.4, -0.2) is 32.5 Å². The van der Waals surface area contributed by atoms with E-state index in [0.717, 1.165) is 7.11 Å². The number of sulfonamides is 1. The normalized spacial score (nSPS) is 17.9. The van der Waals surface area contributed by atoms with Crippen LogP contribution in [0.25, 0.3) is 0 Å². The zero-order chi connectivity index (χ0) is 13.3. The summed E-state index contributed by atoms with van der Waals surface area (Å²) in [5.74, 6) is -0.945. The highest BCUT2D eigenvalue weighted by Gasteiger charge is 2.24. The molecule has 2 rings (SSSR count). The molecule has 0 bridgehead atoms. The highest BCUT2D eigenvalue weighted by Crippen LogP contribution is 2.32. The van der Waals surface area contributed by atoms with Crippen LogP contribution >= 0.6 is 0 Å². The molecule has 8 heteroatoms. The average Bonchev–Trinajstić information content (AvgIpc) is 2.35. The van der Waals surface area contributed by atoms with Crippen molar-refractivity contribution in [1.82, 2.24) is 0 Å². The molecular weight excluding hydrogens is 262 g/mol. The predicted molar refractivity (Wildman–Crippen MR) is 61.5 cm³/mol. The second-order valence-corrected chi connectivity index (χ2v) is 5.33. The second kappa shape index (κ2) is 4.46. The first-order valence-electron chi connectivity index (χ1n) is 4.96. The minimum atomic E-state index is -3.53. The van der Waals surface area contributed by atoms with Crippen molar-refractivity contribution in [3.8, 4) is 5.75 Å². The number of benzene rings is 1. The van der Waals surface area contributed by atoms with Gasteiger partial charge in [0.05, 0.1) is 12.8 Å². The van der Waals surface area contributed by atoms with Crippen molar-refractivity contribution in [1.29, 1.82) is 0 Å². The third-order valence-corrected chi connectivity index (χ3v) is 3.34. The predicted octanol–water partition coefficient (Wildman–Crippen LogP) is -0.0154. The van der Waals surface area contributed by atoms with Crippen LogP contribution in [-0.2, 0) is 19.6 Å². The smallest absolute Gasteiger partial charge is 0.339 e. The van der Waals surface area contributed by atoms with Gasteiger partial charge in [0.2, 0.25) is 5.94 Å². The lowest BCUT2D eigenvalue weighted by Crippen LogP contribution is -2.25. The standard InChI is InChI=1S/C10H11NO6S/c1-16-10(13)9(12)6-2-3-8-7(4-6)11-18(14,15)5-17-8/h2-4,9,11-12H,5H2,1H3. The molecular formula is C10H11NO6S. The van der Waals surface area contributed by atoms with Crippen molar-refractivity contribution in [3.63, 3.8) is 0 Å². The molecule has 1 atom stereocenters. The van der Waals surface area contributed by atoms with Crippen LogP contribution < -0.4 is 9.46 Å². The van der Waals surface area contributed by atoms with Gasteiger partial charge >= 0.3 is 5.97 Å². The summed E-state index contributed by atoms with van der Waals surface area (Å²) in [6.45, 7) is 0. The summed E-state index contributed by atoms with van der Waals surface area (Å²) in [5.41, 5.74) is 0.399. The van der Waals surface area contributed by atoms with Gasteiger partial charge in [-0.05, 0) is 17.7 Å². The summed E-state index contributed by atoms with van der Waals surface area (Å²) in [6.07, 6.45) is -1.47. The molecule has 1 heterocycles. The second-order valence-electron chi connectivity index (χ2n) is 3.66. The van der Waals surface area contributed by atoms with Gasteiger partial charge in [-0.1, -0.05) is 6.07 Å². The van der Waals surface area contributed by atoms with Crippen molar-refractivity contribution < 1.29 is 27.8 Å². The van der Waals surface area contributed by atoms with Gasteiger partial charge in [-0.15, -0.1) is 0 Å². The van der Waals surface area contributed by atoms with Crippen LogP contribution in [0.5, 0.6) is 5.75 Å². The number of hydrogen-bond donors (Lipinski definition) is 2. The van der Waals surface area contributed by atoms with Crippen molar-refractivity contribution in [2.75, 3.05) is 17.8 Å². The molecule has 0 fully saturated rings. The van der Waals surface area contributed by atoms with E-state index in [4.69, 9.17) is 4.74 Å². The molecule has 1 aromatic rings. The number of aliphatic hydroxyl groups is 1. The fourth-order valence-corrected chi connectivity index (χ4v) is 2.34. The molecule has 0 saturated heterocycles. The molecule has 2 N–H and O–H groups in total. The maximum absolute atomic E-state index is 11.3. The van der Waals surface area contributed by atoms with E-state index in [9.17, 15) is 18.3 Å². The van der Waals surface area contributed by atoms with Crippen molar-refractivity contribution in [2.24, 2.45) is 0 Å². The maximum Gasteiger partial charge on any atom is 0.339 e. The van der Waals surface area contributed by atoms with Gasteiger partial charge in [0.15, 0.2) is 6.10 Å². The Morgan fingerprint density at radius 2 is 2.28 bits per heavy atom. The van der Waals surface area contributed by atoms with Crippen molar-refractivity contribution in [3.05, 3.63) is 23.8 Å². The Labute approximate surface area is 103 Å². The van der Waals surface area contributed by atoms with Gasteiger partial charge in [0.25, 0.3) is 10.0 Å². The van der Waals surface area contributed by atoms with Crippen LogP contribution in [0.1, 0.15) is 11.7 Å². The lowest BCUT2D eigenvalue weighted by Gasteiger charge is -2.20. The van der Waals surface area contributed by atoms with Crippen LogP contribution in [0.2, 0.25) is 0 Å². The summed E-state index contributed by atoms with van der Waals surface area (Å²) >= 11 is 0. The number of ether oxygens (including phenoxy) is 2. The fourth-order valence-electron chi connectivity index (χ4n) is 1.51. The number of methoxy groups -OCH3 is 1. The molecule has 7 nitrogen and oxygen atoms in total. The minimum absolute atomic E-state index is 0.182. The summed E-state index contributed by atoms with van der Waals surface area (Å²) in [4.78, 5) is 11.2. The largest absolute Gasteiger partial charge is 0.474 e. The molecule has 0 amide bonds. The number of hydrogen-bond acceptors (Lipinski definition) is 6. The average molecular weight is 273 g/mol. The Bertz CT molecular complexity index is 582. The summed E-state index contributed by atoms with van der Waals surface area (Å²) in [6, 6.07) is 4.26. The van der Waals surface area contributed by atoms with Gasteiger partial charge < -0.3 is 14.6 Å². The monoisotopic (exact) mass is 273 g/mol. The Morgan fingerprint density at radius 3 is 2.94 bits per heavy atom. The van der Waals surface area contributed by atoms with E-state index in [1.54, 1.807) is 0 Å². The van der Waals surface area contributed by atoms with Gasteiger partial charge in [-0.25, -0.2) is 13.2 Å². The zero-order valence-corrected chi connectivity index (χ0v) is 10.2. The molecule has 0 aliphatic carbocycles. The minimum Gasteiger partial charge on any atom is -0.474 e. The molecule has 1 aromatic carbocycles. The van der Waals surface area contributed by atoms with Gasteiger partial charge in [-0.2, -0.15) is 0 Å². The zero-order valence-electron chi connectivity index (χ0n) is 9.41. The lowest BCUT2D eigenvalue weighted by atomic mass is 10.1. The van der Waals surface area contributed by atoms with Gasteiger partial charge in [-0.3, -0.25) is 4.72 Å². The van der Waals surface area contributed by atoms with Crippen LogP contribution in [0, 0.1) is 0 Å². The molecule has 1 unspecified atom stereocenters. The number of esters is 1. The fraction of sp³-hybridized carbons (Fsp3) is 0.300. The van der Waals surface area contributed by atoms with E-state index in [-0.39, 0.29) is 11.3 Å². The number of carbonyl (C=O) groups excluding carboxylic acids is 1. The number of anilines is 1. The van der Waals surface area contributed by atoms with Crippen molar-refractivity contribution >= 4 is 21.7 Å². The number of aliphatic hydroxyl groups excluding tert-OH is 1. The van der Waals surface area contributed by atoms with E-state index in [1.165, 1.54) is 18.2 Å². The number of carbonyl (C=O) groups is 1. The summed E-state index contributed by atoms with van der Waals surface area (Å²) in [7, 11) is -2.39. The van der Waals surface area contributed by atoms with E-state index >= 15 is 0 Å². The topological polar surface area (TPSA) is 102 Å². The Kier molecular flexibility index (Phi) is 3.14. The first kappa shape index (κ1) is 12.7. The van der Waals surface area contributed by atoms with Crippen molar-refractivity contribution in [2.45, 2.75) is 6.10 Å². The van der Waals surface area contributed by atoms with E-state index < -0.39 is 28.0 Å². The third kappa shape index (κ3) is 2.39. The number of fused-ring (bicyclic) bond motifs is 1. The van der Waals surface area contributed by atoms with Crippen LogP contribution in [0.4, 0.5) is 5.69 Å². The van der Waals surface area contributed by atoms with E-state index in [2.05, 4.69) is 9.46 Å². The number of nitrogens with one attached hydrogen (secondary N) is 1. The first-order chi connectivity index (χ1) is 8.43. The Balaban J connectivity index is 2.35. The van der Waals surface area contributed by atoms with E-state index in [0.29, 0.717) is 5.75 Å². The summed E-state index contributed by atoms with van der Waals surface area (Å²) in [5, 5.41) is 9.63. The molecule has 18 heavy (non-hydrogen) atoms. The SMILES string of the molecule is COC(=O)C(O)c1ccc2c(c1)NS(=O)(=O)CO2. The highest BCUT2D eigenvalue weighted by molar-refractivity contribution is 7.92. The van der Waals surface area contributed by atoms with Crippen LogP contribution in [0.3, 0.4) is 0 Å². The highest BCUT2D eigenvalue weighted by atomic mass is 32.2. The summed E-state index contributed by atoms with van der Waals surface area (Å²) < 4.78 is 34.3. The molecule has 0 radical (unpaired) electrons. The molecule has 0 spiro atoms. The lowest BCUT2D eigenvalue weighted by molar-refractivity contribution is -0.150. The maximum atomic E-state index is 11.3. The Hall–Kier alpha value is -1.80. The molecule has 0 aromatic heterocycles. The quantitative estimate of drug-likeness (QED) is 0.734. The number of rotatable bonds is 2. The molecule has 1 aliphatic rings. The molecule has 1 aliphatic heterocycles.